The van der Waals surface area contributed by atoms with Crippen LogP contribution in [0.5, 0.6) is 0 Å². The molecule has 0 radical (unpaired) electrons. The first-order valence-corrected chi connectivity index (χ1v) is 8.61. The maximum absolute atomic E-state index is 12.3. The third-order valence-corrected chi connectivity index (χ3v) is 4.71. The van der Waals surface area contributed by atoms with Gasteiger partial charge in [0.1, 0.15) is 0 Å². The Balaban J connectivity index is 1.68. The molecular formula is C19H30N2O. The van der Waals surface area contributed by atoms with Crippen LogP contribution >= 0.6 is 0 Å². The zero-order chi connectivity index (χ0) is 15.8. The Kier molecular flexibility index (Phi) is 6.91. The zero-order valence-corrected chi connectivity index (χ0v) is 14.1. The average molecular weight is 302 g/mol. The van der Waals surface area contributed by atoms with Crippen LogP contribution in [0.15, 0.2) is 30.3 Å². The van der Waals surface area contributed by atoms with Crippen LogP contribution in [-0.2, 0) is 11.2 Å². The van der Waals surface area contributed by atoms with Crippen molar-refractivity contribution in [1.29, 1.82) is 0 Å². The molecule has 0 aliphatic heterocycles. The molecule has 1 fully saturated rings. The fourth-order valence-corrected chi connectivity index (χ4v) is 3.25. The highest BCUT2D eigenvalue weighted by Gasteiger charge is 2.18. The van der Waals surface area contributed by atoms with Crippen molar-refractivity contribution < 1.29 is 4.79 Å². The van der Waals surface area contributed by atoms with Crippen molar-refractivity contribution in [1.82, 2.24) is 9.80 Å². The molecule has 0 unspecified atom stereocenters. The molecule has 1 aromatic carbocycles. The maximum Gasteiger partial charge on any atom is 0.236 e. The number of carbonyl (C=O) groups excluding carboxylic acids is 1. The first kappa shape index (κ1) is 17.0. The van der Waals surface area contributed by atoms with Gasteiger partial charge in [-0.15, -0.1) is 0 Å². The molecule has 1 aromatic rings. The molecule has 2 rings (SSSR count). The Morgan fingerprint density at radius 3 is 2.45 bits per heavy atom. The van der Waals surface area contributed by atoms with Gasteiger partial charge in [0, 0.05) is 20.1 Å². The van der Waals surface area contributed by atoms with Gasteiger partial charge in [0.15, 0.2) is 0 Å². The van der Waals surface area contributed by atoms with Gasteiger partial charge in [0.2, 0.25) is 5.91 Å². The number of carbonyl (C=O) groups is 1. The lowest BCUT2D eigenvalue weighted by molar-refractivity contribution is -0.131. The van der Waals surface area contributed by atoms with E-state index in [1.807, 2.05) is 25.1 Å². The van der Waals surface area contributed by atoms with Crippen molar-refractivity contribution in [3.05, 3.63) is 35.9 Å². The van der Waals surface area contributed by atoms with Gasteiger partial charge in [0.05, 0.1) is 6.54 Å². The summed E-state index contributed by atoms with van der Waals surface area (Å²) in [5.41, 5.74) is 1.33. The molecule has 0 saturated heterocycles. The molecule has 22 heavy (non-hydrogen) atoms. The summed E-state index contributed by atoms with van der Waals surface area (Å²) in [7, 11) is 4.00. The largest absolute Gasteiger partial charge is 0.344 e. The van der Waals surface area contributed by atoms with E-state index in [0.29, 0.717) is 6.54 Å². The summed E-state index contributed by atoms with van der Waals surface area (Å²) in [6, 6.07) is 10.5. The molecule has 1 amide bonds. The van der Waals surface area contributed by atoms with Crippen molar-refractivity contribution in [3.63, 3.8) is 0 Å². The second kappa shape index (κ2) is 8.94. The molecule has 0 heterocycles. The number of rotatable bonds is 7. The lowest BCUT2D eigenvalue weighted by atomic mass is 9.89. The van der Waals surface area contributed by atoms with Crippen LogP contribution in [0.25, 0.3) is 0 Å². The second-order valence-corrected chi connectivity index (χ2v) is 6.75. The first-order valence-electron chi connectivity index (χ1n) is 8.61. The fourth-order valence-electron chi connectivity index (χ4n) is 3.25. The van der Waals surface area contributed by atoms with E-state index in [0.717, 1.165) is 25.4 Å². The highest BCUT2D eigenvalue weighted by Crippen LogP contribution is 2.24. The van der Waals surface area contributed by atoms with E-state index >= 15 is 0 Å². The van der Waals surface area contributed by atoms with Crippen LogP contribution in [0.1, 0.15) is 37.7 Å². The quantitative estimate of drug-likeness (QED) is 0.772. The monoisotopic (exact) mass is 302 g/mol. The molecule has 0 aromatic heterocycles. The van der Waals surface area contributed by atoms with Gasteiger partial charge in [-0.25, -0.2) is 0 Å². The molecule has 122 valence electrons. The maximum atomic E-state index is 12.3. The number of benzene rings is 1. The van der Waals surface area contributed by atoms with Crippen LogP contribution in [0.4, 0.5) is 0 Å². The zero-order valence-electron chi connectivity index (χ0n) is 14.1. The summed E-state index contributed by atoms with van der Waals surface area (Å²) in [6.45, 7) is 2.38. The number of likely N-dealkylation sites (N-methyl/N-ethyl adjacent to an activating group) is 2. The van der Waals surface area contributed by atoms with E-state index in [-0.39, 0.29) is 5.91 Å². The molecule has 0 atom stereocenters. The topological polar surface area (TPSA) is 23.6 Å². The van der Waals surface area contributed by atoms with Gasteiger partial charge in [-0.1, -0.05) is 49.6 Å². The molecule has 0 N–H and O–H groups in total. The number of nitrogens with zero attached hydrogens (tertiary/aromatic N) is 2. The SMILES string of the molecule is CN(CCc1ccccc1)CC(=O)N(C)CC1CCCCC1. The lowest BCUT2D eigenvalue weighted by Crippen LogP contribution is -2.39. The van der Waals surface area contributed by atoms with E-state index < -0.39 is 0 Å². The Labute approximate surface area is 135 Å². The van der Waals surface area contributed by atoms with Gasteiger partial charge in [-0.2, -0.15) is 0 Å². The third kappa shape index (κ3) is 5.80. The van der Waals surface area contributed by atoms with Gasteiger partial charge in [0.25, 0.3) is 0 Å². The molecule has 3 nitrogen and oxygen atoms in total. The molecule has 3 heteroatoms. The minimum Gasteiger partial charge on any atom is -0.344 e. The van der Waals surface area contributed by atoms with Gasteiger partial charge >= 0.3 is 0 Å². The second-order valence-electron chi connectivity index (χ2n) is 6.75. The van der Waals surface area contributed by atoms with E-state index in [1.54, 1.807) is 0 Å². The van der Waals surface area contributed by atoms with Crippen LogP contribution in [0.3, 0.4) is 0 Å². The molecule has 0 bridgehead atoms. The van der Waals surface area contributed by atoms with Crippen molar-refractivity contribution in [2.45, 2.75) is 38.5 Å². The number of hydrogen-bond acceptors (Lipinski definition) is 2. The van der Waals surface area contributed by atoms with Gasteiger partial charge < -0.3 is 4.90 Å². The predicted molar refractivity (Wildman–Crippen MR) is 91.9 cm³/mol. The predicted octanol–water partition coefficient (Wildman–Crippen LogP) is 3.20. The Morgan fingerprint density at radius 1 is 1.09 bits per heavy atom. The average Bonchev–Trinajstić information content (AvgIpc) is 2.55. The van der Waals surface area contributed by atoms with Crippen molar-refractivity contribution in [2.75, 3.05) is 33.7 Å². The lowest BCUT2D eigenvalue weighted by Gasteiger charge is -2.28. The van der Waals surface area contributed by atoms with E-state index in [2.05, 4.69) is 29.2 Å². The van der Waals surface area contributed by atoms with Crippen LogP contribution in [0, 0.1) is 5.92 Å². The van der Waals surface area contributed by atoms with Gasteiger partial charge in [-0.05, 0) is 37.8 Å². The van der Waals surface area contributed by atoms with Crippen LogP contribution in [-0.4, -0.2) is 49.4 Å². The van der Waals surface area contributed by atoms with E-state index in [1.165, 1.54) is 37.7 Å². The molecule has 1 aliphatic carbocycles. The number of amides is 1. The van der Waals surface area contributed by atoms with Crippen molar-refractivity contribution >= 4 is 5.91 Å². The minimum atomic E-state index is 0.251. The molecular weight excluding hydrogens is 272 g/mol. The highest BCUT2D eigenvalue weighted by atomic mass is 16.2. The summed E-state index contributed by atoms with van der Waals surface area (Å²) in [4.78, 5) is 16.4. The fraction of sp³-hybridized carbons (Fsp3) is 0.632. The smallest absolute Gasteiger partial charge is 0.236 e. The summed E-state index contributed by atoms with van der Waals surface area (Å²) >= 11 is 0. The van der Waals surface area contributed by atoms with Crippen LogP contribution in [0.2, 0.25) is 0 Å². The Bertz CT molecular complexity index is 440. The summed E-state index contributed by atoms with van der Waals surface area (Å²) in [6.07, 6.45) is 7.63. The summed E-state index contributed by atoms with van der Waals surface area (Å²) < 4.78 is 0. The van der Waals surface area contributed by atoms with E-state index in [9.17, 15) is 4.79 Å². The number of hydrogen-bond donors (Lipinski definition) is 0. The van der Waals surface area contributed by atoms with Crippen LogP contribution < -0.4 is 0 Å². The highest BCUT2D eigenvalue weighted by molar-refractivity contribution is 5.77. The Morgan fingerprint density at radius 2 is 1.77 bits per heavy atom. The summed E-state index contributed by atoms with van der Waals surface area (Å²) in [5, 5.41) is 0. The minimum absolute atomic E-state index is 0.251. The molecule has 1 aliphatic rings. The Hall–Kier alpha value is -1.35. The normalized spacial score (nSPS) is 16.0. The van der Waals surface area contributed by atoms with Crippen molar-refractivity contribution in [3.8, 4) is 0 Å². The third-order valence-electron chi connectivity index (χ3n) is 4.71. The first-order chi connectivity index (χ1) is 10.6. The summed E-state index contributed by atoms with van der Waals surface area (Å²) in [5.74, 6) is 0.971. The van der Waals surface area contributed by atoms with Crippen molar-refractivity contribution in [2.24, 2.45) is 5.92 Å². The van der Waals surface area contributed by atoms with Gasteiger partial charge in [-0.3, -0.25) is 9.69 Å². The van der Waals surface area contributed by atoms with E-state index in [4.69, 9.17) is 0 Å². The molecule has 1 saturated carbocycles. The molecule has 0 spiro atoms. The standard InChI is InChI=1S/C19H30N2O/c1-20(14-13-17-9-5-3-6-10-17)16-19(22)21(2)15-18-11-7-4-8-12-18/h3,5-6,9-10,18H,4,7-8,11-16H2,1-2H3.